The van der Waals surface area contributed by atoms with Crippen molar-refractivity contribution in [2.45, 2.75) is 6.92 Å². The van der Waals surface area contributed by atoms with Crippen molar-refractivity contribution in [3.8, 4) is 11.6 Å². The number of nitrogens with one attached hydrogen (secondary N) is 2. The molecule has 7 nitrogen and oxygen atoms in total. The van der Waals surface area contributed by atoms with Gasteiger partial charge in [0, 0.05) is 6.07 Å². The molecule has 2 amide bonds. The van der Waals surface area contributed by atoms with Crippen LogP contribution in [0.15, 0.2) is 66.9 Å². The fourth-order valence-electron chi connectivity index (χ4n) is 2.60. The lowest BCUT2D eigenvalue weighted by Gasteiger charge is -2.12. The van der Waals surface area contributed by atoms with Crippen molar-refractivity contribution in [2.24, 2.45) is 0 Å². The van der Waals surface area contributed by atoms with Crippen molar-refractivity contribution in [3.05, 3.63) is 78.0 Å². The van der Waals surface area contributed by atoms with Gasteiger partial charge in [-0.15, -0.1) is 0 Å². The Labute approximate surface area is 168 Å². The van der Waals surface area contributed by atoms with Gasteiger partial charge in [-0.3, -0.25) is 9.59 Å². The van der Waals surface area contributed by atoms with Crippen LogP contribution in [0.25, 0.3) is 0 Å². The van der Waals surface area contributed by atoms with Gasteiger partial charge in [0.25, 0.3) is 11.8 Å². The minimum atomic E-state index is -0.368. The molecule has 0 saturated heterocycles. The molecule has 0 spiro atoms. The van der Waals surface area contributed by atoms with E-state index in [1.54, 1.807) is 42.5 Å². The zero-order chi connectivity index (χ0) is 20.6. The Hall–Kier alpha value is -3.87. The normalized spacial score (nSPS) is 10.1. The molecule has 0 unspecified atom stereocenters. The van der Waals surface area contributed by atoms with E-state index in [1.807, 2.05) is 25.1 Å². The van der Waals surface area contributed by atoms with Crippen LogP contribution in [-0.4, -0.2) is 30.5 Å². The Balaban J connectivity index is 1.64. The van der Waals surface area contributed by atoms with Gasteiger partial charge < -0.3 is 20.1 Å². The summed E-state index contributed by atoms with van der Waals surface area (Å²) in [5, 5.41) is 5.47. The van der Waals surface area contributed by atoms with Crippen LogP contribution in [0.3, 0.4) is 0 Å². The highest BCUT2D eigenvalue weighted by Gasteiger charge is 2.14. The van der Waals surface area contributed by atoms with E-state index in [9.17, 15) is 9.59 Å². The van der Waals surface area contributed by atoms with E-state index in [2.05, 4.69) is 15.6 Å². The van der Waals surface area contributed by atoms with E-state index < -0.39 is 0 Å². The first-order chi connectivity index (χ1) is 14.0. The van der Waals surface area contributed by atoms with Crippen molar-refractivity contribution in [3.63, 3.8) is 0 Å². The van der Waals surface area contributed by atoms with E-state index in [0.29, 0.717) is 28.6 Å². The van der Waals surface area contributed by atoms with E-state index in [1.165, 1.54) is 13.3 Å². The molecule has 2 N–H and O–H groups in total. The molecule has 0 fully saturated rings. The smallest absolute Gasteiger partial charge is 0.262 e. The van der Waals surface area contributed by atoms with E-state index in [4.69, 9.17) is 9.47 Å². The molecular formula is C22H21N3O4. The number of methoxy groups -OCH3 is 1. The Morgan fingerprint density at radius 1 is 1.00 bits per heavy atom. The van der Waals surface area contributed by atoms with Gasteiger partial charge in [0.1, 0.15) is 5.75 Å². The van der Waals surface area contributed by atoms with Gasteiger partial charge in [0.05, 0.1) is 30.2 Å². The molecule has 0 radical (unpaired) electrons. The number of hydrogen-bond donors (Lipinski definition) is 2. The number of amides is 2. The Kier molecular flexibility index (Phi) is 6.42. The van der Waals surface area contributed by atoms with Gasteiger partial charge >= 0.3 is 0 Å². The van der Waals surface area contributed by atoms with Crippen molar-refractivity contribution < 1.29 is 19.1 Å². The first-order valence-corrected chi connectivity index (χ1v) is 8.95. The third kappa shape index (κ3) is 5.55. The molecule has 0 aliphatic rings. The number of aromatic nitrogens is 1. The van der Waals surface area contributed by atoms with Crippen molar-refractivity contribution in [1.29, 1.82) is 0 Å². The second-order valence-corrected chi connectivity index (χ2v) is 6.24. The average molecular weight is 391 g/mol. The molecule has 0 bridgehead atoms. The molecule has 1 aromatic heterocycles. The number of anilines is 2. The number of carbonyl (C=O) groups excluding carboxylic acids is 2. The molecule has 0 saturated carbocycles. The molecule has 0 atom stereocenters. The monoisotopic (exact) mass is 391 g/mol. The summed E-state index contributed by atoms with van der Waals surface area (Å²) in [5.41, 5.74) is 2.27. The van der Waals surface area contributed by atoms with Crippen molar-refractivity contribution in [2.75, 3.05) is 24.4 Å². The van der Waals surface area contributed by atoms with Crippen molar-refractivity contribution in [1.82, 2.24) is 4.98 Å². The molecule has 29 heavy (non-hydrogen) atoms. The number of hydrogen-bond acceptors (Lipinski definition) is 5. The zero-order valence-electron chi connectivity index (χ0n) is 16.1. The quantitative estimate of drug-likeness (QED) is 0.641. The molecule has 0 aliphatic heterocycles. The second-order valence-electron chi connectivity index (χ2n) is 6.24. The Morgan fingerprint density at radius 3 is 2.55 bits per heavy atom. The minimum absolute atomic E-state index is 0.165. The summed E-state index contributed by atoms with van der Waals surface area (Å²) in [7, 11) is 1.52. The predicted octanol–water partition coefficient (Wildman–Crippen LogP) is 3.67. The number of rotatable bonds is 7. The van der Waals surface area contributed by atoms with Gasteiger partial charge in [-0.2, -0.15) is 0 Å². The van der Waals surface area contributed by atoms with E-state index >= 15 is 0 Å². The zero-order valence-corrected chi connectivity index (χ0v) is 16.1. The lowest BCUT2D eigenvalue weighted by Crippen LogP contribution is -2.22. The average Bonchev–Trinajstić information content (AvgIpc) is 2.73. The molecule has 148 valence electrons. The van der Waals surface area contributed by atoms with Gasteiger partial charge in [-0.1, -0.05) is 24.3 Å². The molecule has 7 heteroatoms. The van der Waals surface area contributed by atoms with Crippen LogP contribution in [0.2, 0.25) is 0 Å². The molecular weight excluding hydrogens is 370 g/mol. The van der Waals surface area contributed by atoms with Crippen LogP contribution in [0, 0.1) is 6.92 Å². The number of pyridine rings is 1. The predicted molar refractivity (Wildman–Crippen MR) is 110 cm³/mol. The molecule has 3 aromatic rings. The lowest BCUT2D eigenvalue weighted by atomic mass is 10.1. The van der Waals surface area contributed by atoms with Crippen LogP contribution in [0.4, 0.5) is 11.4 Å². The highest BCUT2D eigenvalue weighted by molar-refractivity contribution is 6.10. The highest BCUT2D eigenvalue weighted by Crippen LogP contribution is 2.18. The van der Waals surface area contributed by atoms with Crippen LogP contribution in [0.1, 0.15) is 15.9 Å². The molecule has 2 aromatic carbocycles. The number of carbonyl (C=O) groups is 2. The fraction of sp³-hybridized carbons (Fsp3) is 0.136. The number of ether oxygens (including phenoxy) is 2. The SMILES string of the molecule is COc1ccc(NC(=O)c2ccccc2NC(=O)COc2cccc(C)c2)cn1. The maximum Gasteiger partial charge on any atom is 0.262 e. The standard InChI is InChI=1S/C22H21N3O4/c1-15-6-5-7-17(12-15)29-14-20(26)25-19-9-4-3-8-18(19)22(27)24-16-10-11-21(28-2)23-13-16/h3-13H,14H2,1-2H3,(H,24,27)(H,25,26). The first kappa shape index (κ1) is 19.9. The minimum Gasteiger partial charge on any atom is -0.484 e. The van der Waals surface area contributed by atoms with Gasteiger partial charge in [-0.05, 0) is 42.8 Å². The topological polar surface area (TPSA) is 89.6 Å². The summed E-state index contributed by atoms with van der Waals surface area (Å²) in [5.74, 6) is 0.327. The summed E-state index contributed by atoms with van der Waals surface area (Å²) < 4.78 is 10.5. The van der Waals surface area contributed by atoms with Crippen molar-refractivity contribution >= 4 is 23.2 Å². The van der Waals surface area contributed by atoms with Gasteiger partial charge in [-0.25, -0.2) is 4.98 Å². The Bertz CT molecular complexity index is 1000. The van der Waals surface area contributed by atoms with E-state index in [0.717, 1.165) is 5.56 Å². The maximum atomic E-state index is 12.6. The lowest BCUT2D eigenvalue weighted by molar-refractivity contribution is -0.118. The number of para-hydroxylation sites is 1. The van der Waals surface area contributed by atoms with Gasteiger partial charge in [0.2, 0.25) is 5.88 Å². The second kappa shape index (κ2) is 9.36. The van der Waals surface area contributed by atoms with Crippen LogP contribution < -0.4 is 20.1 Å². The third-order valence-corrected chi connectivity index (χ3v) is 4.01. The Morgan fingerprint density at radius 2 is 1.83 bits per heavy atom. The summed E-state index contributed by atoms with van der Waals surface area (Å²) >= 11 is 0. The van der Waals surface area contributed by atoms with Crippen LogP contribution >= 0.6 is 0 Å². The van der Waals surface area contributed by atoms with Crippen LogP contribution in [0.5, 0.6) is 11.6 Å². The number of nitrogens with zero attached hydrogens (tertiary/aromatic N) is 1. The van der Waals surface area contributed by atoms with Gasteiger partial charge in [0.15, 0.2) is 6.61 Å². The third-order valence-electron chi connectivity index (χ3n) is 4.01. The fourth-order valence-corrected chi connectivity index (χ4v) is 2.60. The first-order valence-electron chi connectivity index (χ1n) is 8.95. The largest absolute Gasteiger partial charge is 0.484 e. The highest BCUT2D eigenvalue weighted by atomic mass is 16.5. The maximum absolute atomic E-state index is 12.6. The van der Waals surface area contributed by atoms with E-state index in [-0.39, 0.29) is 18.4 Å². The molecule has 3 rings (SSSR count). The summed E-state index contributed by atoms with van der Waals surface area (Å²) in [6.45, 7) is 1.78. The molecule has 0 aliphatic carbocycles. The number of benzene rings is 2. The summed E-state index contributed by atoms with van der Waals surface area (Å²) in [4.78, 5) is 29.0. The number of aryl methyl sites for hydroxylation is 1. The summed E-state index contributed by atoms with van der Waals surface area (Å²) in [6, 6.07) is 17.5. The summed E-state index contributed by atoms with van der Waals surface area (Å²) in [6.07, 6.45) is 1.49. The molecule has 1 heterocycles. The van der Waals surface area contributed by atoms with Crippen LogP contribution in [-0.2, 0) is 4.79 Å².